The van der Waals surface area contributed by atoms with Crippen LogP contribution < -0.4 is 14.8 Å². The number of benzene rings is 2. The number of hydrogen-bond acceptors (Lipinski definition) is 7. The third-order valence-corrected chi connectivity index (χ3v) is 7.55. The number of carbonyl (C=O) groups is 1. The monoisotopic (exact) mass is 523 g/mol. The summed E-state index contributed by atoms with van der Waals surface area (Å²) in [6.45, 7) is 3.03. The van der Waals surface area contributed by atoms with Crippen LogP contribution in [0.3, 0.4) is 0 Å². The predicted octanol–water partition coefficient (Wildman–Crippen LogP) is 4.76. The average molecular weight is 524 g/mol. The number of amides is 1. The molecule has 0 saturated carbocycles. The number of nitrogens with one attached hydrogen (secondary N) is 1. The Morgan fingerprint density at radius 3 is 2.50 bits per heavy atom. The quantitative estimate of drug-likeness (QED) is 0.456. The maximum Gasteiger partial charge on any atom is 0.255 e. The molecule has 1 fully saturated rings. The first kappa shape index (κ1) is 25.8. The second-order valence-corrected chi connectivity index (χ2v) is 9.74. The van der Waals surface area contributed by atoms with Gasteiger partial charge in [-0.05, 0) is 60.7 Å². The summed E-state index contributed by atoms with van der Waals surface area (Å²) in [6.07, 6.45) is 1.75. The number of halogens is 2. The number of rotatable bonds is 8. The van der Waals surface area contributed by atoms with Crippen molar-refractivity contribution in [2.45, 2.75) is 38.3 Å². The summed E-state index contributed by atoms with van der Waals surface area (Å²) < 4.78 is 37.0. The second kappa shape index (κ2) is 10.5. The Morgan fingerprint density at radius 1 is 1.11 bits per heavy atom. The number of aromatic nitrogens is 2. The molecule has 38 heavy (non-hydrogen) atoms. The van der Waals surface area contributed by atoms with E-state index in [4.69, 9.17) is 9.47 Å². The number of methoxy groups -OCH3 is 2. The SMILES string of the molecule is COc1ccc(CN2C(=O)c3c(C)cc(Nc4ncncc4OC)cc3C23CCN(CC(F)F)CC3)cc1. The van der Waals surface area contributed by atoms with E-state index in [2.05, 4.69) is 15.3 Å². The van der Waals surface area contributed by atoms with Gasteiger partial charge < -0.3 is 19.7 Å². The fourth-order valence-corrected chi connectivity index (χ4v) is 5.66. The van der Waals surface area contributed by atoms with E-state index in [1.165, 1.54) is 6.33 Å². The van der Waals surface area contributed by atoms with Crippen molar-refractivity contribution >= 4 is 17.4 Å². The molecule has 5 rings (SSSR count). The van der Waals surface area contributed by atoms with E-state index in [9.17, 15) is 13.6 Å². The van der Waals surface area contributed by atoms with Crippen LogP contribution in [0.1, 0.15) is 39.9 Å². The number of ether oxygens (including phenoxy) is 2. The first-order valence-electron chi connectivity index (χ1n) is 12.6. The summed E-state index contributed by atoms with van der Waals surface area (Å²) in [7, 11) is 3.17. The highest BCUT2D eigenvalue weighted by Crippen LogP contribution is 2.49. The number of piperidine rings is 1. The summed E-state index contributed by atoms with van der Waals surface area (Å²) >= 11 is 0. The lowest BCUT2D eigenvalue weighted by Gasteiger charge is -2.45. The molecule has 1 amide bonds. The zero-order chi connectivity index (χ0) is 26.9. The van der Waals surface area contributed by atoms with Crippen LogP contribution in [-0.4, -0.2) is 66.0 Å². The summed E-state index contributed by atoms with van der Waals surface area (Å²) in [5, 5.41) is 3.31. The number of aryl methyl sites for hydroxylation is 1. The number of hydrogen-bond donors (Lipinski definition) is 1. The van der Waals surface area contributed by atoms with E-state index >= 15 is 0 Å². The molecule has 3 aromatic rings. The molecule has 2 aliphatic rings. The molecule has 1 saturated heterocycles. The predicted molar refractivity (Wildman–Crippen MR) is 139 cm³/mol. The fraction of sp³-hybridized carbons (Fsp3) is 0.393. The Kier molecular flexibility index (Phi) is 7.16. The molecule has 2 aromatic carbocycles. The maximum atomic E-state index is 14.0. The van der Waals surface area contributed by atoms with E-state index < -0.39 is 12.0 Å². The van der Waals surface area contributed by atoms with Crippen LogP contribution in [0.25, 0.3) is 0 Å². The average Bonchev–Trinajstić information content (AvgIpc) is 3.13. The highest BCUT2D eigenvalue weighted by atomic mass is 19.3. The van der Waals surface area contributed by atoms with Crippen LogP contribution in [0.2, 0.25) is 0 Å². The molecular formula is C28H31F2N5O3. The third kappa shape index (κ3) is 4.76. The van der Waals surface area contributed by atoms with Gasteiger partial charge in [0.05, 0.1) is 32.5 Å². The Bertz CT molecular complexity index is 1310. The molecule has 0 aliphatic carbocycles. The summed E-state index contributed by atoms with van der Waals surface area (Å²) in [4.78, 5) is 26.0. The van der Waals surface area contributed by atoms with Crippen LogP contribution in [0.15, 0.2) is 48.9 Å². The Labute approximate surface area is 220 Å². The van der Waals surface area contributed by atoms with Gasteiger partial charge in [0.1, 0.15) is 12.1 Å². The van der Waals surface area contributed by atoms with Crippen molar-refractivity contribution in [3.63, 3.8) is 0 Å². The molecule has 8 nitrogen and oxygen atoms in total. The molecule has 0 atom stereocenters. The molecule has 2 aliphatic heterocycles. The van der Waals surface area contributed by atoms with Crippen molar-refractivity contribution in [1.82, 2.24) is 19.8 Å². The maximum absolute atomic E-state index is 14.0. The third-order valence-electron chi connectivity index (χ3n) is 7.55. The topological polar surface area (TPSA) is 79.8 Å². The Balaban J connectivity index is 1.53. The van der Waals surface area contributed by atoms with Crippen molar-refractivity contribution in [3.8, 4) is 11.5 Å². The summed E-state index contributed by atoms with van der Waals surface area (Å²) in [5.41, 5.74) is 3.58. The fourth-order valence-electron chi connectivity index (χ4n) is 5.66. The summed E-state index contributed by atoms with van der Waals surface area (Å²) in [5.74, 6) is 1.72. The molecular weight excluding hydrogens is 492 g/mol. The summed E-state index contributed by atoms with van der Waals surface area (Å²) in [6, 6.07) is 11.6. The number of nitrogens with zero attached hydrogens (tertiary/aromatic N) is 4. The minimum atomic E-state index is -2.39. The standard InChI is InChI=1S/C28H31F2N5O3/c1-18-12-20(33-26-23(38-3)14-31-17-32-26)13-22-25(18)27(36)35(15-19-4-6-21(37-2)7-5-19)28(22)8-10-34(11-9-28)16-24(29)30/h4-7,12-14,17,24H,8-11,15-16H2,1-3H3,(H,31,32,33). The van der Waals surface area contributed by atoms with E-state index in [1.807, 2.05) is 48.2 Å². The first-order valence-corrected chi connectivity index (χ1v) is 12.6. The van der Waals surface area contributed by atoms with Gasteiger partial charge in [-0.25, -0.2) is 18.7 Å². The van der Waals surface area contributed by atoms with E-state index in [1.54, 1.807) is 25.3 Å². The molecule has 1 spiro atoms. The first-order chi connectivity index (χ1) is 18.3. The number of anilines is 2. The van der Waals surface area contributed by atoms with Gasteiger partial charge in [-0.3, -0.25) is 9.69 Å². The lowest BCUT2D eigenvalue weighted by Crippen LogP contribution is -2.51. The highest BCUT2D eigenvalue weighted by Gasteiger charge is 2.51. The molecule has 10 heteroatoms. The van der Waals surface area contributed by atoms with Crippen LogP contribution in [0.5, 0.6) is 11.5 Å². The van der Waals surface area contributed by atoms with E-state index in [-0.39, 0.29) is 12.5 Å². The lowest BCUT2D eigenvalue weighted by molar-refractivity contribution is 0.00786. The van der Waals surface area contributed by atoms with Gasteiger partial charge in [0.15, 0.2) is 11.6 Å². The number of alkyl halides is 2. The molecule has 1 N–H and O–H groups in total. The molecule has 0 unspecified atom stereocenters. The zero-order valence-corrected chi connectivity index (χ0v) is 21.7. The minimum Gasteiger partial charge on any atom is -0.497 e. The van der Waals surface area contributed by atoms with Gasteiger partial charge >= 0.3 is 0 Å². The van der Waals surface area contributed by atoms with Crippen LogP contribution in [-0.2, 0) is 12.1 Å². The van der Waals surface area contributed by atoms with Gasteiger partial charge in [-0.1, -0.05) is 12.1 Å². The van der Waals surface area contributed by atoms with Crippen molar-refractivity contribution in [1.29, 1.82) is 0 Å². The number of likely N-dealkylation sites (tertiary alicyclic amines) is 1. The molecule has 0 radical (unpaired) electrons. The Morgan fingerprint density at radius 2 is 1.84 bits per heavy atom. The second-order valence-electron chi connectivity index (χ2n) is 9.74. The van der Waals surface area contributed by atoms with E-state index in [0.29, 0.717) is 49.6 Å². The largest absolute Gasteiger partial charge is 0.497 e. The van der Waals surface area contributed by atoms with Crippen molar-refractivity contribution < 1.29 is 23.0 Å². The smallest absolute Gasteiger partial charge is 0.255 e. The Hall–Kier alpha value is -3.79. The highest BCUT2D eigenvalue weighted by molar-refractivity contribution is 6.02. The molecule has 3 heterocycles. The van der Waals surface area contributed by atoms with Crippen molar-refractivity contribution in [2.75, 3.05) is 39.2 Å². The lowest BCUT2D eigenvalue weighted by atomic mass is 9.79. The van der Waals surface area contributed by atoms with Gasteiger partial charge in [0, 0.05) is 30.9 Å². The molecule has 200 valence electrons. The number of fused-ring (bicyclic) bond motifs is 2. The normalized spacial score (nSPS) is 16.7. The number of carbonyl (C=O) groups excluding carboxylic acids is 1. The van der Waals surface area contributed by atoms with Gasteiger partial charge in [0.25, 0.3) is 12.3 Å². The molecule has 1 aromatic heterocycles. The van der Waals surface area contributed by atoms with Crippen LogP contribution in [0.4, 0.5) is 20.3 Å². The zero-order valence-electron chi connectivity index (χ0n) is 21.7. The van der Waals surface area contributed by atoms with Crippen LogP contribution in [0, 0.1) is 6.92 Å². The van der Waals surface area contributed by atoms with Crippen LogP contribution >= 0.6 is 0 Å². The van der Waals surface area contributed by atoms with E-state index in [0.717, 1.165) is 28.1 Å². The van der Waals surface area contributed by atoms with Gasteiger partial charge in [-0.2, -0.15) is 0 Å². The van der Waals surface area contributed by atoms with Crippen molar-refractivity contribution in [3.05, 3.63) is 71.2 Å². The van der Waals surface area contributed by atoms with Gasteiger partial charge in [0.2, 0.25) is 0 Å². The van der Waals surface area contributed by atoms with Crippen molar-refractivity contribution in [2.24, 2.45) is 0 Å². The minimum absolute atomic E-state index is 0.0400. The molecule has 0 bridgehead atoms. The van der Waals surface area contributed by atoms with Gasteiger partial charge in [-0.15, -0.1) is 0 Å².